The second-order valence-corrected chi connectivity index (χ2v) is 4.62. The van der Waals surface area contributed by atoms with Crippen molar-refractivity contribution in [3.63, 3.8) is 0 Å². The Labute approximate surface area is 118 Å². The minimum Gasteiger partial charge on any atom is -0.465 e. The molecule has 0 N–H and O–H groups in total. The number of nitrogens with zero attached hydrogens (tertiary/aromatic N) is 3. The number of hydrogen-bond donors (Lipinski definition) is 0. The SMILES string of the molecule is CCOC(=O)C(C#N)C=Nc1nccc2c1CCCC2. The van der Waals surface area contributed by atoms with Crippen molar-refractivity contribution in [2.75, 3.05) is 6.61 Å². The van der Waals surface area contributed by atoms with E-state index in [0.717, 1.165) is 24.8 Å². The third-order valence-electron chi connectivity index (χ3n) is 3.28. The molecule has 5 heteroatoms. The number of esters is 1. The lowest BCUT2D eigenvalue weighted by Crippen LogP contribution is -2.17. The second kappa shape index (κ2) is 6.80. The molecule has 5 nitrogen and oxygen atoms in total. The van der Waals surface area contributed by atoms with Gasteiger partial charge < -0.3 is 4.74 Å². The van der Waals surface area contributed by atoms with Crippen molar-refractivity contribution in [3.8, 4) is 6.07 Å². The van der Waals surface area contributed by atoms with Crippen LogP contribution in [0.15, 0.2) is 17.3 Å². The first kappa shape index (κ1) is 14.2. The molecule has 20 heavy (non-hydrogen) atoms. The van der Waals surface area contributed by atoms with Crippen LogP contribution >= 0.6 is 0 Å². The van der Waals surface area contributed by atoms with Gasteiger partial charge in [-0.15, -0.1) is 0 Å². The van der Waals surface area contributed by atoms with Crippen molar-refractivity contribution < 1.29 is 9.53 Å². The highest BCUT2D eigenvalue weighted by atomic mass is 16.5. The Hall–Kier alpha value is -2.22. The molecule has 0 fully saturated rings. The first-order chi connectivity index (χ1) is 9.76. The Kier molecular flexibility index (Phi) is 4.83. The van der Waals surface area contributed by atoms with E-state index in [9.17, 15) is 4.79 Å². The quantitative estimate of drug-likeness (QED) is 0.622. The number of carbonyl (C=O) groups is 1. The minimum atomic E-state index is -0.976. The van der Waals surface area contributed by atoms with E-state index in [4.69, 9.17) is 10.00 Å². The normalized spacial score (nSPS) is 15.4. The standard InChI is InChI=1S/C15H17N3O2/c1-2-20-15(19)12(9-16)10-18-14-13-6-4-3-5-11(13)7-8-17-14/h7-8,10,12H,2-6H2,1H3. The molecule has 0 saturated carbocycles. The highest BCUT2D eigenvalue weighted by Crippen LogP contribution is 2.27. The number of hydrogen-bond acceptors (Lipinski definition) is 5. The predicted molar refractivity (Wildman–Crippen MR) is 74.8 cm³/mol. The summed E-state index contributed by atoms with van der Waals surface area (Å²) in [7, 11) is 0. The molecule has 1 aliphatic carbocycles. The Morgan fingerprint density at radius 2 is 2.40 bits per heavy atom. The molecule has 0 aromatic carbocycles. The van der Waals surface area contributed by atoms with Gasteiger partial charge in [-0.1, -0.05) is 0 Å². The number of rotatable bonds is 4. The van der Waals surface area contributed by atoms with E-state index in [1.165, 1.54) is 18.2 Å². The van der Waals surface area contributed by atoms with Gasteiger partial charge in [-0.3, -0.25) is 4.79 Å². The van der Waals surface area contributed by atoms with Crippen molar-refractivity contribution in [2.45, 2.75) is 32.6 Å². The monoisotopic (exact) mass is 271 g/mol. The van der Waals surface area contributed by atoms with Crippen LogP contribution in [0.3, 0.4) is 0 Å². The third-order valence-corrected chi connectivity index (χ3v) is 3.28. The summed E-state index contributed by atoms with van der Waals surface area (Å²) in [4.78, 5) is 20.0. The summed E-state index contributed by atoms with van der Waals surface area (Å²) >= 11 is 0. The number of fused-ring (bicyclic) bond motifs is 1. The van der Waals surface area contributed by atoms with Gasteiger partial charge in [-0.05, 0) is 49.8 Å². The molecule has 1 atom stereocenters. The molecule has 1 aromatic rings. The predicted octanol–water partition coefficient (Wildman–Crippen LogP) is 2.37. The van der Waals surface area contributed by atoms with Crippen molar-refractivity contribution >= 4 is 18.0 Å². The van der Waals surface area contributed by atoms with Crippen molar-refractivity contribution in [1.82, 2.24) is 4.98 Å². The van der Waals surface area contributed by atoms with Gasteiger partial charge in [-0.25, -0.2) is 9.98 Å². The maximum absolute atomic E-state index is 11.5. The molecule has 0 aliphatic heterocycles. The van der Waals surface area contributed by atoms with E-state index >= 15 is 0 Å². The molecule has 0 amide bonds. The van der Waals surface area contributed by atoms with Gasteiger partial charge in [0.2, 0.25) is 0 Å². The first-order valence-electron chi connectivity index (χ1n) is 6.83. The second-order valence-electron chi connectivity index (χ2n) is 4.62. The topological polar surface area (TPSA) is 75.3 Å². The molecule has 1 aromatic heterocycles. The fourth-order valence-corrected chi connectivity index (χ4v) is 2.28. The Bertz CT molecular complexity index is 561. The Morgan fingerprint density at radius 3 is 3.15 bits per heavy atom. The van der Waals surface area contributed by atoms with E-state index in [2.05, 4.69) is 9.98 Å². The third kappa shape index (κ3) is 3.21. The zero-order valence-corrected chi connectivity index (χ0v) is 11.5. The zero-order valence-electron chi connectivity index (χ0n) is 11.5. The summed E-state index contributed by atoms with van der Waals surface area (Å²) in [6, 6.07) is 3.90. The molecule has 0 spiro atoms. The highest BCUT2D eigenvalue weighted by molar-refractivity contribution is 5.93. The summed E-state index contributed by atoms with van der Waals surface area (Å²) in [5.74, 6) is -0.925. The highest BCUT2D eigenvalue weighted by Gasteiger charge is 2.18. The molecule has 1 unspecified atom stereocenters. The van der Waals surface area contributed by atoms with Crippen LogP contribution in [0.2, 0.25) is 0 Å². The average molecular weight is 271 g/mol. The molecule has 1 aliphatic rings. The first-order valence-corrected chi connectivity index (χ1v) is 6.83. The number of aromatic nitrogens is 1. The number of pyridine rings is 1. The lowest BCUT2D eigenvalue weighted by Gasteiger charge is -2.16. The number of carbonyl (C=O) groups excluding carboxylic acids is 1. The average Bonchev–Trinajstić information content (AvgIpc) is 2.48. The molecule has 0 radical (unpaired) electrons. The number of aliphatic imine (C=N–C) groups is 1. The molecule has 1 heterocycles. The van der Waals surface area contributed by atoms with Gasteiger partial charge in [-0.2, -0.15) is 5.26 Å². The van der Waals surface area contributed by atoms with Crippen molar-refractivity contribution in [1.29, 1.82) is 5.26 Å². The Morgan fingerprint density at radius 1 is 1.60 bits per heavy atom. The molecular weight excluding hydrogens is 254 g/mol. The van der Waals surface area contributed by atoms with Crippen LogP contribution in [0.25, 0.3) is 0 Å². The fourth-order valence-electron chi connectivity index (χ4n) is 2.28. The number of aryl methyl sites for hydroxylation is 1. The molecule has 0 saturated heterocycles. The van der Waals surface area contributed by atoms with Gasteiger partial charge in [0.25, 0.3) is 0 Å². The van der Waals surface area contributed by atoms with Crippen LogP contribution in [0.1, 0.15) is 30.9 Å². The lowest BCUT2D eigenvalue weighted by molar-refractivity contribution is -0.143. The molecule has 2 rings (SSSR count). The van der Waals surface area contributed by atoms with Gasteiger partial charge in [0.1, 0.15) is 0 Å². The minimum absolute atomic E-state index is 0.254. The van der Waals surface area contributed by atoms with Crippen LogP contribution in [0.5, 0.6) is 0 Å². The van der Waals surface area contributed by atoms with Gasteiger partial charge in [0.05, 0.1) is 12.7 Å². The zero-order chi connectivity index (χ0) is 14.4. The van der Waals surface area contributed by atoms with E-state index in [-0.39, 0.29) is 6.61 Å². The van der Waals surface area contributed by atoms with E-state index < -0.39 is 11.9 Å². The summed E-state index contributed by atoms with van der Waals surface area (Å²) in [5, 5.41) is 8.98. The van der Waals surface area contributed by atoms with Crippen LogP contribution in [0.4, 0.5) is 5.82 Å². The van der Waals surface area contributed by atoms with Gasteiger partial charge in [0.15, 0.2) is 11.7 Å². The summed E-state index contributed by atoms with van der Waals surface area (Å²) in [5.41, 5.74) is 2.40. The number of nitriles is 1. The van der Waals surface area contributed by atoms with Gasteiger partial charge >= 0.3 is 5.97 Å². The summed E-state index contributed by atoms with van der Waals surface area (Å²) in [6.07, 6.45) is 7.36. The van der Waals surface area contributed by atoms with E-state index in [0.29, 0.717) is 5.82 Å². The van der Waals surface area contributed by atoms with Crippen molar-refractivity contribution in [2.24, 2.45) is 10.9 Å². The van der Waals surface area contributed by atoms with Crippen LogP contribution in [0, 0.1) is 17.2 Å². The lowest BCUT2D eigenvalue weighted by atomic mass is 9.93. The fraction of sp³-hybridized carbons (Fsp3) is 0.467. The van der Waals surface area contributed by atoms with Crippen LogP contribution < -0.4 is 0 Å². The van der Waals surface area contributed by atoms with E-state index in [1.807, 2.05) is 12.1 Å². The number of ether oxygens (including phenoxy) is 1. The largest absolute Gasteiger partial charge is 0.465 e. The van der Waals surface area contributed by atoms with Crippen LogP contribution in [-0.4, -0.2) is 23.8 Å². The maximum atomic E-state index is 11.5. The molecule has 0 bridgehead atoms. The summed E-state index contributed by atoms with van der Waals surface area (Å²) in [6.45, 7) is 1.96. The van der Waals surface area contributed by atoms with Crippen LogP contribution in [-0.2, 0) is 22.4 Å². The molecule has 104 valence electrons. The van der Waals surface area contributed by atoms with E-state index in [1.54, 1.807) is 13.1 Å². The Balaban J connectivity index is 2.19. The van der Waals surface area contributed by atoms with Gasteiger partial charge in [0, 0.05) is 12.4 Å². The maximum Gasteiger partial charge on any atom is 0.328 e. The smallest absolute Gasteiger partial charge is 0.328 e. The van der Waals surface area contributed by atoms with Crippen molar-refractivity contribution in [3.05, 3.63) is 23.4 Å². The summed E-state index contributed by atoms with van der Waals surface area (Å²) < 4.78 is 4.82. The molecular formula is C15H17N3O2.